The largest absolute Gasteiger partial charge is 0.481 e. The average Bonchev–Trinajstić information content (AvgIpc) is 2.73. The fraction of sp³-hybridized carbons (Fsp3) is 0.286. The van der Waals surface area contributed by atoms with E-state index < -0.39 is 5.97 Å². The number of aryl methyl sites for hydroxylation is 1. The maximum absolute atomic E-state index is 12.3. The highest BCUT2D eigenvalue weighted by atomic mass is 32.1. The van der Waals surface area contributed by atoms with Gasteiger partial charge in [0.15, 0.2) is 0 Å². The maximum Gasteiger partial charge on any atom is 0.305 e. The highest BCUT2D eigenvalue weighted by Gasteiger charge is 2.19. The van der Waals surface area contributed by atoms with Crippen LogP contribution in [0.3, 0.4) is 0 Å². The van der Waals surface area contributed by atoms with Gasteiger partial charge in [-0.1, -0.05) is 18.2 Å². The molecule has 0 fully saturated rings. The van der Waals surface area contributed by atoms with Crippen molar-refractivity contribution in [1.29, 1.82) is 0 Å². The zero-order valence-electron chi connectivity index (χ0n) is 10.8. The maximum atomic E-state index is 12.3. The molecule has 0 saturated carbocycles. The number of carboxylic acids is 1. The predicted octanol–water partition coefficient (Wildman–Crippen LogP) is 2.76. The van der Waals surface area contributed by atoms with Crippen molar-refractivity contribution in [3.05, 3.63) is 34.7 Å². The summed E-state index contributed by atoms with van der Waals surface area (Å²) in [5, 5.41) is 9.73. The minimum atomic E-state index is -0.896. The first-order chi connectivity index (χ1) is 9.00. The predicted molar refractivity (Wildman–Crippen MR) is 75.8 cm³/mol. The van der Waals surface area contributed by atoms with Gasteiger partial charge in [0, 0.05) is 18.3 Å². The van der Waals surface area contributed by atoms with E-state index in [0.717, 1.165) is 15.6 Å². The number of fused-ring (bicyclic) bond motifs is 1. The molecule has 0 spiro atoms. The lowest BCUT2D eigenvalue weighted by atomic mass is 10.1. The Kier molecular flexibility index (Phi) is 3.85. The molecule has 100 valence electrons. The summed E-state index contributed by atoms with van der Waals surface area (Å²) in [5.41, 5.74) is 0.966. The third-order valence-electron chi connectivity index (χ3n) is 3.05. The van der Waals surface area contributed by atoms with Gasteiger partial charge in [-0.3, -0.25) is 9.59 Å². The van der Waals surface area contributed by atoms with Crippen LogP contribution in [-0.2, 0) is 4.79 Å². The number of carbonyl (C=O) groups excluding carboxylic acids is 1. The van der Waals surface area contributed by atoms with Gasteiger partial charge >= 0.3 is 5.97 Å². The number of nitrogens with zero attached hydrogens (tertiary/aromatic N) is 1. The first kappa shape index (κ1) is 13.5. The van der Waals surface area contributed by atoms with Crippen molar-refractivity contribution in [3.63, 3.8) is 0 Å². The first-order valence-corrected chi connectivity index (χ1v) is 6.77. The normalized spacial score (nSPS) is 10.6. The zero-order valence-corrected chi connectivity index (χ0v) is 11.7. The smallest absolute Gasteiger partial charge is 0.305 e. The molecule has 2 rings (SSSR count). The van der Waals surface area contributed by atoms with Crippen LogP contribution in [0.4, 0.5) is 0 Å². The van der Waals surface area contributed by atoms with Crippen LogP contribution in [0.15, 0.2) is 24.3 Å². The Morgan fingerprint density at radius 1 is 1.32 bits per heavy atom. The van der Waals surface area contributed by atoms with Gasteiger partial charge in [0.1, 0.15) is 0 Å². The summed E-state index contributed by atoms with van der Waals surface area (Å²) in [6, 6.07) is 7.88. The fourth-order valence-corrected chi connectivity index (χ4v) is 3.12. The topological polar surface area (TPSA) is 57.6 Å². The number of carboxylic acid groups (broad SMARTS) is 1. The lowest BCUT2D eigenvalue weighted by Crippen LogP contribution is -2.28. The van der Waals surface area contributed by atoms with Gasteiger partial charge in [0.05, 0.1) is 11.3 Å². The fourth-order valence-electron chi connectivity index (χ4n) is 1.92. The van der Waals surface area contributed by atoms with E-state index in [1.807, 2.05) is 31.2 Å². The minimum absolute atomic E-state index is 0.0355. The summed E-state index contributed by atoms with van der Waals surface area (Å²) in [5.74, 6) is -1.01. The Bertz CT molecular complexity index is 633. The second-order valence-electron chi connectivity index (χ2n) is 4.42. The molecule has 2 aromatic rings. The Hall–Kier alpha value is -1.88. The molecule has 4 nitrogen and oxygen atoms in total. The molecule has 1 heterocycles. The monoisotopic (exact) mass is 277 g/mol. The van der Waals surface area contributed by atoms with Gasteiger partial charge < -0.3 is 10.0 Å². The van der Waals surface area contributed by atoms with E-state index in [9.17, 15) is 9.59 Å². The van der Waals surface area contributed by atoms with Crippen LogP contribution >= 0.6 is 11.3 Å². The number of hydrogen-bond acceptors (Lipinski definition) is 3. The molecule has 0 radical (unpaired) electrons. The number of thiophene rings is 1. The summed E-state index contributed by atoms with van der Waals surface area (Å²) in [4.78, 5) is 25.0. The van der Waals surface area contributed by atoms with Crippen LogP contribution in [0.1, 0.15) is 21.7 Å². The molecule has 0 aliphatic carbocycles. The van der Waals surface area contributed by atoms with Crippen molar-refractivity contribution in [2.24, 2.45) is 0 Å². The molecule has 0 bridgehead atoms. The second-order valence-corrected chi connectivity index (χ2v) is 5.47. The van der Waals surface area contributed by atoms with Crippen molar-refractivity contribution >= 4 is 33.3 Å². The molecule has 0 aliphatic heterocycles. The van der Waals surface area contributed by atoms with Gasteiger partial charge in [-0.2, -0.15) is 0 Å². The lowest BCUT2D eigenvalue weighted by molar-refractivity contribution is -0.137. The highest BCUT2D eigenvalue weighted by molar-refractivity contribution is 7.21. The third kappa shape index (κ3) is 2.76. The molecule has 1 aromatic heterocycles. The summed E-state index contributed by atoms with van der Waals surface area (Å²) >= 11 is 1.46. The number of benzene rings is 1. The molecular weight excluding hydrogens is 262 g/mol. The van der Waals surface area contributed by atoms with Gasteiger partial charge in [0.25, 0.3) is 5.91 Å². The lowest BCUT2D eigenvalue weighted by Gasteiger charge is -2.15. The number of carbonyl (C=O) groups is 2. The summed E-state index contributed by atoms with van der Waals surface area (Å²) in [7, 11) is 1.63. The summed E-state index contributed by atoms with van der Waals surface area (Å²) in [6.45, 7) is 2.15. The number of rotatable bonds is 4. The quantitative estimate of drug-likeness (QED) is 0.935. The minimum Gasteiger partial charge on any atom is -0.481 e. The Morgan fingerprint density at radius 2 is 2.00 bits per heavy atom. The molecule has 0 saturated heterocycles. The van der Waals surface area contributed by atoms with Gasteiger partial charge in [-0.15, -0.1) is 11.3 Å². The number of amides is 1. The summed E-state index contributed by atoms with van der Waals surface area (Å²) < 4.78 is 1.08. The highest BCUT2D eigenvalue weighted by Crippen LogP contribution is 2.31. The molecule has 0 aliphatic rings. The van der Waals surface area contributed by atoms with E-state index in [0.29, 0.717) is 4.88 Å². The van der Waals surface area contributed by atoms with E-state index in [2.05, 4.69) is 0 Å². The van der Waals surface area contributed by atoms with E-state index in [1.54, 1.807) is 7.05 Å². The zero-order chi connectivity index (χ0) is 14.0. The molecule has 19 heavy (non-hydrogen) atoms. The van der Waals surface area contributed by atoms with E-state index in [4.69, 9.17) is 5.11 Å². The summed E-state index contributed by atoms with van der Waals surface area (Å²) in [6.07, 6.45) is -0.0355. The molecule has 1 amide bonds. The first-order valence-electron chi connectivity index (χ1n) is 5.96. The van der Waals surface area contributed by atoms with E-state index >= 15 is 0 Å². The molecule has 0 atom stereocenters. The van der Waals surface area contributed by atoms with E-state index in [-0.39, 0.29) is 18.9 Å². The standard InChI is InChI=1S/C14H15NO3S/c1-9-10-5-3-4-6-11(10)19-13(9)14(18)15(2)8-7-12(16)17/h3-6H,7-8H2,1-2H3,(H,16,17). The van der Waals surface area contributed by atoms with Crippen LogP contribution in [0.2, 0.25) is 0 Å². The van der Waals surface area contributed by atoms with Crippen molar-refractivity contribution in [2.45, 2.75) is 13.3 Å². The van der Waals surface area contributed by atoms with Crippen molar-refractivity contribution in [2.75, 3.05) is 13.6 Å². The Labute approximate surface area is 115 Å². The van der Waals surface area contributed by atoms with Crippen LogP contribution < -0.4 is 0 Å². The van der Waals surface area contributed by atoms with Crippen molar-refractivity contribution in [1.82, 2.24) is 4.90 Å². The molecule has 0 unspecified atom stereocenters. The molecule has 5 heteroatoms. The van der Waals surface area contributed by atoms with Gasteiger partial charge in [-0.25, -0.2) is 0 Å². The molecule has 1 N–H and O–H groups in total. The Balaban J connectivity index is 2.26. The van der Waals surface area contributed by atoms with Crippen LogP contribution in [0.5, 0.6) is 0 Å². The number of hydrogen-bond donors (Lipinski definition) is 1. The Morgan fingerprint density at radius 3 is 2.63 bits per heavy atom. The average molecular weight is 277 g/mol. The number of aliphatic carboxylic acids is 1. The second kappa shape index (κ2) is 5.40. The van der Waals surface area contributed by atoms with Crippen molar-refractivity contribution in [3.8, 4) is 0 Å². The van der Waals surface area contributed by atoms with Crippen LogP contribution in [-0.4, -0.2) is 35.5 Å². The molecule has 1 aromatic carbocycles. The van der Waals surface area contributed by atoms with Crippen LogP contribution in [0.25, 0.3) is 10.1 Å². The van der Waals surface area contributed by atoms with Crippen molar-refractivity contribution < 1.29 is 14.7 Å². The van der Waals surface area contributed by atoms with Gasteiger partial charge in [0.2, 0.25) is 0 Å². The third-order valence-corrected chi connectivity index (χ3v) is 4.31. The SMILES string of the molecule is Cc1c(C(=O)N(C)CCC(=O)O)sc2ccccc12. The van der Waals surface area contributed by atoms with E-state index in [1.165, 1.54) is 16.2 Å². The van der Waals surface area contributed by atoms with Crippen LogP contribution in [0, 0.1) is 6.92 Å². The van der Waals surface area contributed by atoms with Gasteiger partial charge in [-0.05, 0) is 23.9 Å². The molecular formula is C14H15NO3S.